The summed E-state index contributed by atoms with van der Waals surface area (Å²) < 4.78 is 44.8. The zero-order chi connectivity index (χ0) is 21.7. The van der Waals surface area contributed by atoms with Gasteiger partial charge in [0.25, 0.3) is 0 Å². The number of morpholine rings is 1. The minimum Gasteiger partial charge on any atom is -0.370 e. The molecule has 9 heteroatoms. The molecule has 162 valence electrons. The maximum atomic E-state index is 13.0. The number of nitrogens with one attached hydrogen (secondary N) is 2. The predicted octanol–water partition coefficient (Wildman–Crippen LogP) is 2.82. The summed E-state index contributed by atoms with van der Waals surface area (Å²) >= 11 is 0. The number of hydrogen-bond acceptors (Lipinski definition) is 3. The van der Waals surface area contributed by atoms with Crippen molar-refractivity contribution in [1.82, 2.24) is 15.5 Å². The first-order valence-corrected chi connectivity index (χ1v) is 9.61. The Morgan fingerprint density at radius 2 is 2.03 bits per heavy atom. The lowest BCUT2D eigenvalue weighted by Gasteiger charge is -2.36. The van der Waals surface area contributed by atoms with Gasteiger partial charge in [-0.1, -0.05) is 12.1 Å². The molecular formula is C20H29F3N4O2. The highest BCUT2D eigenvalue weighted by Crippen LogP contribution is 2.32. The van der Waals surface area contributed by atoms with Crippen LogP contribution >= 0.6 is 0 Å². The van der Waals surface area contributed by atoms with Gasteiger partial charge in [-0.3, -0.25) is 9.79 Å². The Bertz CT molecular complexity index is 735. The first kappa shape index (κ1) is 23.0. The van der Waals surface area contributed by atoms with Gasteiger partial charge in [0.05, 0.1) is 24.1 Å². The second kappa shape index (κ2) is 9.47. The van der Waals surface area contributed by atoms with Gasteiger partial charge >= 0.3 is 6.18 Å². The molecule has 0 bridgehead atoms. The molecule has 1 aliphatic heterocycles. The number of benzene rings is 1. The number of alkyl halides is 3. The molecule has 1 saturated heterocycles. The van der Waals surface area contributed by atoms with Crippen LogP contribution in [0, 0.1) is 5.41 Å². The van der Waals surface area contributed by atoms with Gasteiger partial charge in [0.1, 0.15) is 6.10 Å². The maximum Gasteiger partial charge on any atom is 0.416 e. The van der Waals surface area contributed by atoms with Gasteiger partial charge in [-0.15, -0.1) is 0 Å². The number of nitrogens with zero attached hydrogens (tertiary/aromatic N) is 2. The van der Waals surface area contributed by atoms with E-state index in [1.54, 1.807) is 13.1 Å². The van der Waals surface area contributed by atoms with Crippen molar-refractivity contribution >= 4 is 11.9 Å². The zero-order valence-electron chi connectivity index (χ0n) is 17.3. The molecule has 0 radical (unpaired) electrons. The van der Waals surface area contributed by atoms with Crippen molar-refractivity contribution in [3.63, 3.8) is 0 Å². The topological polar surface area (TPSA) is 66.0 Å². The molecule has 1 aliphatic rings. The third-order valence-corrected chi connectivity index (χ3v) is 4.80. The van der Waals surface area contributed by atoms with Gasteiger partial charge in [-0.2, -0.15) is 13.2 Å². The molecule has 1 aromatic rings. The first-order chi connectivity index (χ1) is 13.6. The number of carbonyl (C=O) groups excluding carboxylic acids is 1. The molecule has 1 amide bonds. The minimum absolute atomic E-state index is 0.0632. The maximum absolute atomic E-state index is 13.0. The van der Waals surface area contributed by atoms with E-state index in [1.165, 1.54) is 6.07 Å². The Balaban J connectivity index is 2.06. The quantitative estimate of drug-likeness (QED) is 0.575. The highest BCUT2D eigenvalue weighted by atomic mass is 19.4. The minimum atomic E-state index is -4.40. The van der Waals surface area contributed by atoms with Crippen LogP contribution in [0.1, 0.15) is 38.0 Å². The molecule has 1 atom stereocenters. The van der Waals surface area contributed by atoms with E-state index in [-0.39, 0.29) is 5.91 Å². The number of amides is 1. The lowest BCUT2D eigenvalue weighted by atomic mass is 9.92. The lowest BCUT2D eigenvalue weighted by Crippen LogP contribution is -2.52. The summed E-state index contributed by atoms with van der Waals surface area (Å²) in [4.78, 5) is 18.4. The fourth-order valence-corrected chi connectivity index (χ4v) is 3.07. The summed E-state index contributed by atoms with van der Waals surface area (Å²) in [6, 6.07) is 5.21. The van der Waals surface area contributed by atoms with E-state index in [0.717, 1.165) is 12.1 Å². The van der Waals surface area contributed by atoms with Crippen molar-refractivity contribution in [2.45, 2.75) is 33.1 Å². The largest absolute Gasteiger partial charge is 0.416 e. The molecule has 0 saturated carbocycles. The molecule has 6 nitrogen and oxygen atoms in total. The average molecular weight is 414 g/mol. The van der Waals surface area contributed by atoms with Gasteiger partial charge in [-0.25, -0.2) is 0 Å². The standard InChI is InChI=1S/C20H29F3N4O2/c1-5-25-17(28)19(2,3)13-26-18(24-4)27-9-10-29-16(12-27)14-7-6-8-15(11-14)20(21,22)23/h6-8,11,16H,5,9-10,12-13H2,1-4H3,(H,24,26)(H,25,28). The van der Waals surface area contributed by atoms with Gasteiger partial charge in [0.15, 0.2) is 5.96 Å². The number of guanidine groups is 1. The summed E-state index contributed by atoms with van der Waals surface area (Å²) in [5.41, 5.74) is -0.858. The van der Waals surface area contributed by atoms with Gasteiger partial charge in [0, 0.05) is 26.7 Å². The van der Waals surface area contributed by atoms with Crippen molar-refractivity contribution in [1.29, 1.82) is 0 Å². The third-order valence-electron chi connectivity index (χ3n) is 4.80. The summed E-state index contributed by atoms with van der Waals surface area (Å²) in [6.45, 7) is 7.74. The summed E-state index contributed by atoms with van der Waals surface area (Å²) in [5, 5.41) is 6.01. The molecule has 0 spiro atoms. The average Bonchev–Trinajstić information content (AvgIpc) is 2.68. The molecule has 1 fully saturated rings. The Hall–Kier alpha value is -2.29. The molecule has 2 rings (SSSR count). The number of hydrogen-bond donors (Lipinski definition) is 2. The molecule has 1 aromatic carbocycles. The monoisotopic (exact) mass is 414 g/mol. The van der Waals surface area contributed by atoms with Gasteiger partial charge in [-0.05, 0) is 38.5 Å². The number of ether oxygens (including phenoxy) is 1. The SMILES string of the molecule is CCNC(=O)C(C)(C)CNC(=NC)N1CCOC(c2cccc(C(F)(F)F)c2)C1. The van der Waals surface area contributed by atoms with Crippen LogP contribution in [0.2, 0.25) is 0 Å². The van der Waals surface area contributed by atoms with Crippen molar-refractivity contribution in [3.8, 4) is 0 Å². The highest BCUT2D eigenvalue weighted by molar-refractivity contribution is 5.84. The van der Waals surface area contributed by atoms with Crippen LogP contribution in [0.5, 0.6) is 0 Å². The molecule has 2 N–H and O–H groups in total. The molecule has 0 aromatic heterocycles. The number of rotatable bonds is 5. The number of aliphatic imine (C=N–C) groups is 1. The van der Waals surface area contributed by atoms with E-state index in [4.69, 9.17) is 4.74 Å². The second-order valence-electron chi connectivity index (χ2n) is 7.57. The summed E-state index contributed by atoms with van der Waals surface area (Å²) in [6.07, 6.45) is -4.90. The molecule has 1 unspecified atom stereocenters. The van der Waals surface area contributed by atoms with Crippen LogP contribution < -0.4 is 10.6 Å². The van der Waals surface area contributed by atoms with E-state index in [0.29, 0.717) is 44.3 Å². The van der Waals surface area contributed by atoms with E-state index < -0.39 is 23.3 Å². The van der Waals surface area contributed by atoms with Crippen molar-refractivity contribution in [2.75, 3.05) is 39.8 Å². The van der Waals surface area contributed by atoms with Crippen LogP contribution in [0.3, 0.4) is 0 Å². The highest BCUT2D eigenvalue weighted by Gasteiger charge is 2.33. The van der Waals surface area contributed by atoms with E-state index in [9.17, 15) is 18.0 Å². The molecular weight excluding hydrogens is 385 g/mol. The Morgan fingerprint density at radius 3 is 2.66 bits per heavy atom. The van der Waals surface area contributed by atoms with Crippen LogP contribution in [0.15, 0.2) is 29.3 Å². The number of halogens is 3. The third kappa shape index (κ3) is 6.09. The van der Waals surface area contributed by atoms with Gasteiger partial charge < -0.3 is 20.3 Å². The van der Waals surface area contributed by atoms with Crippen molar-refractivity contribution in [3.05, 3.63) is 35.4 Å². The fraction of sp³-hybridized carbons (Fsp3) is 0.600. The molecule has 0 aliphatic carbocycles. The molecule has 1 heterocycles. The van der Waals surface area contributed by atoms with E-state index in [2.05, 4.69) is 15.6 Å². The van der Waals surface area contributed by atoms with Crippen LogP contribution in [0.4, 0.5) is 13.2 Å². The Morgan fingerprint density at radius 1 is 1.31 bits per heavy atom. The first-order valence-electron chi connectivity index (χ1n) is 9.61. The van der Waals surface area contributed by atoms with E-state index >= 15 is 0 Å². The molecule has 29 heavy (non-hydrogen) atoms. The number of carbonyl (C=O) groups is 1. The summed E-state index contributed by atoms with van der Waals surface area (Å²) in [7, 11) is 1.64. The van der Waals surface area contributed by atoms with Crippen molar-refractivity contribution < 1.29 is 22.7 Å². The van der Waals surface area contributed by atoms with Crippen molar-refractivity contribution in [2.24, 2.45) is 10.4 Å². The lowest BCUT2D eigenvalue weighted by molar-refractivity contribution is -0.137. The van der Waals surface area contributed by atoms with Crippen LogP contribution in [0.25, 0.3) is 0 Å². The van der Waals surface area contributed by atoms with E-state index in [1.807, 2.05) is 25.7 Å². The normalized spacial score (nSPS) is 18.5. The predicted molar refractivity (Wildman–Crippen MR) is 106 cm³/mol. The van der Waals surface area contributed by atoms with Gasteiger partial charge in [0.2, 0.25) is 5.91 Å². The smallest absolute Gasteiger partial charge is 0.370 e. The Labute approximate surface area is 169 Å². The zero-order valence-corrected chi connectivity index (χ0v) is 17.3. The van der Waals surface area contributed by atoms with Crippen LogP contribution in [-0.2, 0) is 15.7 Å². The summed E-state index contributed by atoms with van der Waals surface area (Å²) in [5.74, 6) is 0.523. The van der Waals surface area contributed by atoms with Crippen LogP contribution in [-0.4, -0.2) is 56.6 Å². The second-order valence-corrected chi connectivity index (χ2v) is 7.57. The Kier molecular flexibility index (Phi) is 7.51. The fourth-order valence-electron chi connectivity index (χ4n) is 3.07.